The van der Waals surface area contributed by atoms with Crippen molar-refractivity contribution in [1.29, 1.82) is 0 Å². The largest absolute Gasteiger partial charge is 0.493 e. The third kappa shape index (κ3) is 2.48. The quantitative estimate of drug-likeness (QED) is 0.735. The molecule has 0 fully saturated rings. The molecule has 0 bridgehead atoms. The fourth-order valence-corrected chi connectivity index (χ4v) is 3.55. The van der Waals surface area contributed by atoms with Gasteiger partial charge in [0.15, 0.2) is 0 Å². The maximum absolute atomic E-state index is 12.3. The molecule has 1 aliphatic rings. The van der Waals surface area contributed by atoms with E-state index in [2.05, 4.69) is 4.99 Å². The number of aromatic hydroxyl groups is 1. The Labute approximate surface area is 146 Å². The van der Waals surface area contributed by atoms with Crippen molar-refractivity contribution in [3.05, 3.63) is 73.7 Å². The van der Waals surface area contributed by atoms with E-state index in [-0.39, 0.29) is 10.8 Å². The number of aromatic nitrogens is 1. The van der Waals surface area contributed by atoms with E-state index >= 15 is 0 Å². The molecule has 4 rings (SSSR count). The third-order valence-electron chi connectivity index (χ3n) is 3.74. The summed E-state index contributed by atoms with van der Waals surface area (Å²) in [7, 11) is 0. The van der Waals surface area contributed by atoms with Crippen LogP contribution in [-0.4, -0.2) is 15.9 Å². The first-order chi connectivity index (χ1) is 11.6. The second-order valence-electron chi connectivity index (χ2n) is 5.24. The van der Waals surface area contributed by atoms with Crippen molar-refractivity contribution in [2.45, 2.75) is 0 Å². The van der Waals surface area contributed by atoms with Gasteiger partial charge in [0.1, 0.15) is 0 Å². The van der Waals surface area contributed by atoms with Gasteiger partial charge in [-0.2, -0.15) is 0 Å². The molecule has 0 aliphatic carbocycles. The van der Waals surface area contributed by atoms with Crippen LogP contribution in [0.4, 0.5) is 5.69 Å². The van der Waals surface area contributed by atoms with Gasteiger partial charge in [-0.1, -0.05) is 41.1 Å². The van der Waals surface area contributed by atoms with Crippen LogP contribution in [0.15, 0.2) is 58.3 Å². The van der Waals surface area contributed by atoms with E-state index in [0.29, 0.717) is 15.6 Å². The van der Waals surface area contributed by atoms with Crippen molar-refractivity contribution in [1.82, 2.24) is 4.57 Å². The Balaban J connectivity index is 1.81. The molecule has 118 valence electrons. The second-order valence-corrected chi connectivity index (χ2v) is 6.67. The normalized spacial score (nSPS) is 14.3. The molecule has 0 spiro atoms. The summed E-state index contributed by atoms with van der Waals surface area (Å²) in [5.41, 5.74) is 3.30. The van der Waals surface area contributed by atoms with Crippen LogP contribution in [0.3, 0.4) is 0 Å². The number of para-hydroxylation sites is 1. The van der Waals surface area contributed by atoms with Gasteiger partial charge >= 0.3 is 4.87 Å². The Bertz CT molecular complexity index is 1050. The Morgan fingerprint density at radius 1 is 1.12 bits per heavy atom. The molecule has 24 heavy (non-hydrogen) atoms. The summed E-state index contributed by atoms with van der Waals surface area (Å²) in [6, 6.07) is 14.5. The van der Waals surface area contributed by atoms with Gasteiger partial charge in [0.2, 0.25) is 5.88 Å². The minimum Gasteiger partial charge on any atom is -0.493 e. The van der Waals surface area contributed by atoms with Gasteiger partial charge in [0, 0.05) is 22.4 Å². The van der Waals surface area contributed by atoms with Crippen molar-refractivity contribution in [3.8, 4) is 11.6 Å². The van der Waals surface area contributed by atoms with E-state index in [1.807, 2.05) is 24.3 Å². The molecule has 0 radical (unpaired) electrons. The SMILES string of the molecule is O=c1sc(/C=C2/C=Nc3ccccc32)c(O)n1-c1ccc(Cl)cc1. The lowest BCUT2D eigenvalue weighted by molar-refractivity contribution is 0.440. The summed E-state index contributed by atoms with van der Waals surface area (Å²) in [4.78, 5) is 16.9. The molecule has 0 saturated heterocycles. The van der Waals surface area contributed by atoms with Crippen LogP contribution in [0.2, 0.25) is 5.02 Å². The fraction of sp³-hybridized carbons (Fsp3) is 0. The van der Waals surface area contributed by atoms with Crippen LogP contribution in [0.1, 0.15) is 10.4 Å². The summed E-state index contributed by atoms with van der Waals surface area (Å²) < 4.78 is 1.27. The summed E-state index contributed by atoms with van der Waals surface area (Å²) in [5.74, 6) is -0.0856. The Kier molecular flexibility index (Phi) is 3.59. The predicted octanol–water partition coefficient (Wildman–Crippen LogP) is 4.51. The molecule has 1 aliphatic heterocycles. The van der Waals surface area contributed by atoms with Crippen LogP contribution in [-0.2, 0) is 0 Å². The van der Waals surface area contributed by atoms with Crippen molar-refractivity contribution >= 4 is 46.5 Å². The third-order valence-corrected chi connectivity index (χ3v) is 4.87. The minimum absolute atomic E-state index is 0.0856. The van der Waals surface area contributed by atoms with Crippen LogP contribution in [0, 0.1) is 0 Å². The first-order valence-electron chi connectivity index (χ1n) is 7.19. The lowest BCUT2D eigenvalue weighted by atomic mass is 10.1. The maximum Gasteiger partial charge on any atom is 0.315 e. The number of nitrogens with zero attached hydrogens (tertiary/aromatic N) is 2. The summed E-state index contributed by atoms with van der Waals surface area (Å²) in [6.07, 6.45) is 3.52. The van der Waals surface area contributed by atoms with Gasteiger partial charge in [0.25, 0.3) is 0 Å². The minimum atomic E-state index is -0.259. The molecule has 2 heterocycles. The molecule has 0 saturated carbocycles. The Morgan fingerprint density at radius 2 is 1.88 bits per heavy atom. The van der Waals surface area contributed by atoms with Crippen LogP contribution < -0.4 is 4.87 Å². The number of halogens is 1. The average Bonchev–Trinajstić information content (AvgIpc) is 3.11. The molecule has 1 N–H and O–H groups in total. The van der Waals surface area contributed by atoms with Crippen LogP contribution in [0.25, 0.3) is 17.3 Å². The first kappa shape index (κ1) is 14.9. The van der Waals surface area contributed by atoms with Gasteiger partial charge in [-0.3, -0.25) is 9.79 Å². The molecule has 3 aromatic rings. The number of hydrogen-bond donors (Lipinski definition) is 1. The van der Waals surface area contributed by atoms with E-state index < -0.39 is 0 Å². The van der Waals surface area contributed by atoms with E-state index in [0.717, 1.165) is 28.2 Å². The highest BCUT2D eigenvalue weighted by atomic mass is 35.5. The smallest absolute Gasteiger partial charge is 0.315 e. The second kappa shape index (κ2) is 5.78. The first-order valence-corrected chi connectivity index (χ1v) is 8.39. The molecular formula is C18H11ClN2O2S. The molecule has 0 unspecified atom stereocenters. The number of fused-ring (bicyclic) bond motifs is 1. The van der Waals surface area contributed by atoms with E-state index in [4.69, 9.17) is 11.6 Å². The van der Waals surface area contributed by atoms with Crippen molar-refractivity contribution in [2.24, 2.45) is 4.99 Å². The molecule has 0 atom stereocenters. The Morgan fingerprint density at radius 3 is 2.67 bits per heavy atom. The highest BCUT2D eigenvalue weighted by Crippen LogP contribution is 2.34. The summed E-state index contributed by atoms with van der Waals surface area (Å²) >= 11 is 6.86. The lowest BCUT2D eigenvalue weighted by Gasteiger charge is -2.03. The predicted molar refractivity (Wildman–Crippen MR) is 99.1 cm³/mol. The van der Waals surface area contributed by atoms with Gasteiger partial charge in [-0.25, -0.2) is 4.57 Å². The number of rotatable bonds is 2. The molecule has 4 nitrogen and oxygen atoms in total. The molecule has 6 heteroatoms. The van der Waals surface area contributed by atoms with E-state index in [1.54, 1.807) is 36.6 Å². The molecular weight excluding hydrogens is 344 g/mol. The lowest BCUT2D eigenvalue weighted by Crippen LogP contribution is -2.09. The van der Waals surface area contributed by atoms with Crippen LogP contribution >= 0.6 is 22.9 Å². The number of benzene rings is 2. The molecule has 1 aromatic heterocycles. The van der Waals surface area contributed by atoms with E-state index in [9.17, 15) is 9.90 Å². The number of hydrogen-bond acceptors (Lipinski definition) is 4. The monoisotopic (exact) mass is 354 g/mol. The van der Waals surface area contributed by atoms with Crippen molar-refractivity contribution < 1.29 is 5.11 Å². The summed E-state index contributed by atoms with van der Waals surface area (Å²) in [6.45, 7) is 0. The zero-order valence-corrected chi connectivity index (χ0v) is 13.9. The van der Waals surface area contributed by atoms with Gasteiger partial charge in [-0.05, 0) is 36.4 Å². The zero-order chi connectivity index (χ0) is 16.7. The highest BCUT2D eigenvalue weighted by Gasteiger charge is 2.17. The number of thiazole rings is 1. The summed E-state index contributed by atoms with van der Waals surface area (Å²) in [5, 5.41) is 11.1. The van der Waals surface area contributed by atoms with Crippen molar-refractivity contribution in [3.63, 3.8) is 0 Å². The standard InChI is InChI=1S/C18H11ClN2O2S/c19-12-5-7-13(8-6-12)21-17(22)16(24-18(21)23)9-11-10-20-15-4-2-1-3-14(11)15/h1-10,22H/b11-9-. The fourth-order valence-electron chi connectivity index (χ4n) is 2.59. The highest BCUT2D eigenvalue weighted by molar-refractivity contribution is 7.10. The number of allylic oxidation sites excluding steroid dienone is 1. The van der Waals surface area contributed by atoms with E-state index in [1.165, 1.54) is 4.57 Å². The molecule has 0 amide bonds. The van der Waals surface area contributed by atoms with Crippen molar-refractivity contribution in [2.75, 3.05) is 0 Å². The van der Waals surface area contributed by atoms with Gasteiger partial charge in [-0.15, -0.1) is 0 Å². The topological polar surface area (TPSA) is 54.6 Å². The maximum atomic E-state index is 12.3. The average molecular weight is 355 g/mol. The Hall–Kier alpha value is -2.63. The zero-order valence-electron chi connectivity index (χ0n) is 12.3. The van der Waals surface area contributed by atoms with Crippen LogP contribution in [0.5, 0.6) is 5.88 Å². The molecule has 2 aromatic carbocycles. The van der Waals surface area contributed by atoms with Gasteiger partial charge in [0.05, 0.1) is 16.3 Å². The number of aliphatic imine (C=N–C) groups is 1. The van der Waals surface area contributed by atoms with Gasteiger partial charge < -0.3 is 5.11 Å².